The first-order valence-corrected chi connectivity index (χ1v) is 7.16. The Morgan fingerprint density at radius 3 is 2.64 bits per heavy atom. The predicted octanol–water partition coefficient (Wildman–Crippen LogP) is 3.08. The summed E-state index contributed by atoms with van der Waals surface area (Å²) in [6.07, 6.45) is 5.55. The molecule has 0 radical (unpaired) electrons. The number of carbonyl (C=O) groups excluding carboxylic acids is 1. The lowest BCUT2D eigenvalue weighted by Gasteiger charge is -2.24. The summed E-state index contributed by atoms with van der Waals surface area (Å²) in [6.45, 7) is 0.737. The van der Waals surface area contributed by atoms with Crippen LogP contribution in [0.3, 0.4) is 0 Å². The van der Waals surface area contributed by atoms with E-state index in [0.29, 0.717) is 5.56 Å². The van der Waals surface area contributed by atoms with Crippen LogP contribution in [0.25, 0.3) is 11.1 Å². The van der Waals surface area contributed by atoms with Crippen molar-refractivity contribution in [2.24, 2.45) is 4.99 Å². The third kappa shape index (κ3) is 2.63. The number of carbonyl (C=O) groups is 1. The second kappa shape index (κ2) is 6.26. The first kappa shape index (κ1) is 14.1. The molecule has 4 heteroatoms. The summed E-state index contributed by atoms with van der Waals surface area (Å²) in [5.74, 6) is -0.0924. The molecule has 0 unspecified atom stereocenters. The molecule has 1 heterocycles. The number of rotatable bonds is 3. The van der Waals surface area contributed by atoms with E-state index in [1.807, 2.05) is 59.5 Å². The maximum absolute atomic E-state index is 12.3. The van der Waals surface area contributed by atoms with Crippen LogP contribution in [0.4, 0.5) is 5.69 Å². The molecule has 0 aliphatic carbocycles. The van der Waals surface area contributed by atoms with Gasteiger partial charge in [-0.3, -0.25) is 4.79 Å². The van der Waals surface area contributed by atoms with Gasteiger partial charge in [-0.15, -0.1) is 0 Å². The summed E-state index contributed by atoms with van der Waals surface area (Å²) < 4.78 is 0. The van der Waals surface area contributed by atoms with Gasteiger partial charge in [-0.05, 0) is 23.8 Å². The van der Waals surface area contributed by atoms with Crippen molar-refractivity contribution in [2.75, 3.05) is 18.5 Å². The molecule has 2 aromatic rings. The molecule has 1 aliphatic rings. The van der Waals surface area contributed by atoms with E-state index in [4.69, 9.17) is 0 Å². The van der Waals surface area contributed by atoms with E-state index in [9.17, 15) is 4.79 Å². The van der Waals surface area contributed by atoms with E-state index in [1.165, 1.54) is 0 Å². The maximum Gasteiger partial charge on any atom is 0.251 e. The SMILES string of the molecule is CNC(=O)c1cccc(N2C=NC=CC2)c1-c1ccccc1. The van der Waals surface area contributed by atoms with Crippen LogP contribution in [0.1, 0.15) is 10.4 Å². The zero-order valence-electron chi connectivity index (χ0n) is 12.4. The third-order valence-electron chi connectivity index (χ3n) is 3.59. The second-order valence-electron chi connectivity index (χ2n) is 4.95. The van der Waals surface area contributed by atoms with E-state index in [1.54, 1.807) is 19.6 Å². The van der Waals surface area contributed by atoms with Crippen molar-refractivity contribution < 1.29 is 4.79 Å². The zero-order valence-corrected chi connectivity index (χ0v) is 12.4. The van der Waals surface area contributed by atoms with Crippen LogP contribution in [0.2, 0.25) is 0 Å². The molecule has 0 aromatic heterocycles. The van der Waals surface area contributed by atoms with E-state index < -0.39 is 0 Å². The summed E-state index contributed by atoms with van der Waals surface area (Å²) in [4.78, 5) is 18.5. The van der Waals surface area contributed by atoms with E-state index >= 15 is 0 Å². The number of amides is 1. The van der Waals surface area contributed by atoms with Gasteiger partial charge < -0.3 is 10.2 Å². The van der Waals surface area contributed by atoms with Gasteiger partial charge in [0, 0.05) is 30.9 Å². The fraction of sp³-hybridized carbons (Fsp3) is 0.111. The molecule has 3 rings (SSSR count). The van der Waals surface area contributed by atoms with Gasteiger partial charge in [0.2, 0.25) is 0 Å². The Labute approximate surface area is 129 Å². The monoisotopic (exact) mass is 291 g/mol. The third-order valence-corrected chi connectivity index (χ3v) is 3.59. The molecule has 110 valence electrons. The highest BCUT2D eigenvalue weighted by Gasteiger charge is 2.18. The molecule has 1 amide bonds. The lowest BCUT2D eigenvalue weighted by atomic mass is 9.96. The highest BCUT2D eigenvalue weighted by molar-refractivity contribution is 6.05. The Morgan fingerprint density at radius 2 is 1.95 bits per heavy atom. The molecule has 1 aliphatic heterocycles. The molecular weight excluding hydrogens is 274 g/mol. The number of nitrogens with one attached hydrogen (secondary N) is 1. The van der Waals surface area contributed by atoms with Crippen molar-refractivity contribution in [2.45, 2.75) is 0 Å². The quantitative estimate of drug-likeness (QED) is 0.944. The Morgan fingerprint density at radius 1 is 1.14 bits per heavy atom. The number of hydrogen-bond acceptors (Lipinski definition) is 3. The van der Waals surface area contributed by atoms with Crippen molar-refractivity contribution in [1.29, 1.82) is 0 Å². The summed E-state index contributed by atoms with van der Waals surface area (Å²) in [5, 5.41) is 2.72. The minimum Gasteiger partial charge on any atom is -0.355 e. The van der Waals surface area contributed by atoms with Crippen LogP contribution in [0.15, 0.2) is 65.8 Å². The van der Waals surface area contributed by atoms with Crippen LogP contribution < -0.4 is 10.2 Å². The van der Waals surface area contributed by atoms with Gasteiger partial charge in [0.1, 0.15) is 0 Å². The highest BCUT2D eigenvalue weighted by Crippen LogP contribution is 2.34. The molecule has 4 nitrogen and oxygen atoms in total. The van der Waals surface area contributed by atoms with Gasteiger partial charge >= 0.3 is 0 Å². The van der Waals surface area contributed by atoms with Crippen molar-refractivity contribution in [3.63, 3.8) is 0 Å². The molecule has 0 bridgehead atoms. The molecule has 22 heavy (non-hydrogen) atoms. The molecule has 2 aromatic carbocycles. The summed E-state index contributed by atoms with van der Waals surface area (Å²) >= 11 is 0. The normalized spacial score (nSPS) is 13.2. The summed E-state index contributed by atoms with van der Waals surface area (Å²) in [7, 11) is 1.65. The fourth-order valence-electron chi connectivity index (χ4n) is 2.56. The topological polar surface area (TPSA) is 44.7 Å². The average molecular weight is 291 g/mol. The average Bonchev–Trinajstić information content (AvgIpc) is 2.62. The molecule has 0 saturated heterocycles. The predicted molar refractivity (Wildman–Crippen MR) is 90.2 cm³/mol. The van der Waals surface area contributed by atoms with Gasteiger partial charge in [0.05, 0.1) is 12.0 Å². The van der Waals surface area contributed by atoms with Crippen LogP contribution in [0.5, 0.6) is 0 Å². The molecule has 0 atom stereocenters. The highest BCUT2D eigenvalue weighted by atomic mass is 16.1. The van der Waals surface area contributed by atoms with Gasteiger partial charge in [-0.1, -0.05) is 36.4 Å². The van der Waals surface area contributed by atoms with E-state index in [2.05, 4.69) is 10.3 Å². The van der Waals surface area contributed by atoms with Crippen LogP contribution >= 0.6 is 0 Å². The minimum atomic E-state index is -0.0924. The van der Waals surface area contributed by atoms with Crippen molar-refractivity contribution in [3.05, 3.63) is 66.4 Å². The number of aliphatic imine (C=N–C) groups is 1. The number of anilines is 1. The fourth-order valence-corrected chi connectivity index (χ4v) is 2.56. The van der Waals surface area contributed by atoms with Gasteiger partial charge in [-0.25, -0.2) is 4.99 Å². The van der Waals surface area contributed by atoms with Crippen LogP contribution in [-0.4, -0.2) is 25.8 Å². The van der Waals surface area contributed by atoms with Crippen LogP contribution in [-0.2, 0) is 0 Å². The smallest absolute Gasteiger partial charge is 0.251 e. The molecule has 0 saturated carbocycles. The molecule has 0 spiro atoms. The maximum atomic E-state index is 12.3. The first-order valence-electron chi connectivity index (χ1n) is 7.16. The van der Waals surface area contributed by atoms with Crippen molar-refractivity contribution in [1.82, 2.24) is 5.32 Å². The number of nitrogens with zero attached hydrogens (tertiary/aromatic N) is 2. The Bertz CT molecular complexity index is 735. The largest absolute Gasteiger partial charge is 0.355 e. The molecular formula is C18H17N3O. The summed E-state index contributed by atoms with van der Waals surface area (Å²) in [6, 6.07) is 15.7. The molecule has 0 fully saturated rings. The van der Waals surface area contributed by atoms with Gasteiger partial charge in [-0.2, -0.15) is 0 Å². The lowest BCUT2D eigenvalue weighted by molar-refractivity contribution is 0.0964. The summed E-state index contributed by atoms with van der Waals surface area (Å²) in [5.41, 5.74) is 3.57. The lowest BCUT2D eigenvalue weighted by Crippen LogP contribution is -2.25. The van der Waals surface area contributed by atoms with Gasteiger partial charge in [0.15, 0.2) is 0 Å². The zero-order chi connectivity index (χ0) is 15.4. The molecule has 1 N–H and O–H groups in total. The Hall–Kier alpha value is -2.88. The number of hydrogen-bond donors (Lipinski definition) is 1. The van der Waals surface area contributed by atoms with E-state index in [0.717, 1.165) is 23.4 Å². The minimum absolute atomic E-state index is 0.0924. The first-order chi connectivity index (χ1) is 10.8. The van der Waals surface area contributed by atoms with Crippen molar-refractivity contribution >= 4 is 17.9 Å². The van der Waals surface area contributed by atoms with Gasteiger partial charge in [0.25, 0.3) is 5.91 Å². The Kier molecular flexibility index (Phi) is 4.01. The Balaban J connectivity index is 2.19. The van der Waals surface area contributed by atoms with Crippen molar-refractivity contribution in [3.8, 4) is 11.1 Å². The van der Waals surface area contributed by atoms with Crippen LogP contribution in [0, 0.1) is 0 Å². The van der Waals surface area contributed by atoms with E-state index in [-0.39, 0.29) is 5.91 Å². The number of benzene rings is 2. The standard InChI is InChI=1S/C18H17N3O/c1-19-18(22)15-9-5-10-16(21-12-6-11-20-13-21)17(15)14-7-3-2-4-8-14/h2-11,13H,12H2,1H3,(H,19,22). The second-order valence-corrected chi connectivity index (χ2v) is 4.95.